The molecule has 1 heterocycles. The van der Waals surface area contributed by atoms with Crippen LogP contribution in [0.25, 0.3) is 0 Å². The maximum absolute atomic E-state index is 5.61. The van der Waals surface area contributed by atoms with Crippen molar-refractivity contribution < 1.29 is 4.74 Å². The first kappa shape index (κ1) is 15.1. The quantitative estimate of drug-likeness (QED) is 0.700. The summed E-state index contributed by atoms with van der Waals surface area (Å²) < 4.78 is 7.75. The Morgan fingerprint density at radius 1 is 1.39 bits per heavy atom. The van der Waals surface area contributed by atoms with Crippen molar-refractivity contribution in [2.24, 2.45) is 0 Å². The molecule has 104 valence electrons. The minimum atomic E-state index is -0.0693. The molecule has 1 aromatic rings. The van der Waals surface area contributed by atoms with E-state index in [0.717, 1.165) is 26.3 Å². The maximum atomic E-state index is 5.61. The standard InChI is InChI=1S/C13H26N4O/c1-13(2,14-3)12-10-15-11-17(12)7-9-18-8-6-16(4)5/h10-11,14H,6-9H2,1-5H3. The predicted molar refractivity (Wildman–Crippen MR) is 73.7 cm³/mol. The molecule has 0 unspecified atom stereocenters. The van der Waals surface area contributed by atoms with Gasteiger partial charge in [0.1, 0.15) is 0 Å². The van der Waals surface area contributed by atoms with Crippen LogP contribution in [0.2, 0.25) is 0 Å². The zero-order valence-electron chi connectivity index (χ0n) is 12.2. The van der Waals surface area contributed by atoms with Gasteiger partial charge in [-0.2, -0.15) is 0 Å². The van der Waals surface area contributed by atoms with Crippen molar-refractivity contribution in [1.82, 2.24) is 19.8 Å². The Hall–Kier alpha value is -0.910. The highest BCUT2D eigenvalue weighted by atomic mass is 16.5. The van der Waals surface area contributed by atoms with E-state index < -0.39 is 0 Å². The van der Waals surface area contributed by atoms with Crippen LogP contribution in [0, 0.1) is 0 Å². The molecule has 0 fully saturated rings. The van der Waals surface area contributed by atoms with Crippen LogP contribution in [0.3, 0.4) is 0 Å². The summed E-state index contributed by atoms with van der Waals surface area (Å²) in [6.07, 6.45) is 3.78. The molecule has 5 heteroatoms. The largest absolute Gasteiger partial charge is 0.378 e. The monoisotopic (exact) mass is 254 g/mol. The first-order valence-corrected chi connectivity index (χ1v) is 6.39. The number of nitrogens with zero attached hydrogens (tertiary/aromatic N) is 3. The Labute approximate surface area is 110 Å². The maximum Gasteiger partial charge on any atom is 0.0949 e. The van der Waals surface area contributed by atoms with Crippen LogP contribution in [0.5, 0.6) is 0 Å². The summed E-state index contributed by atoms with van der Waals surface area (Å²) in [5.41, 5.74) is 1.11. The number of nitrogens with one attached hydrogen (secondary N) is 1. The lowest BCUT2D eigenvalue weighted by molar-refractivity contribution is 0.109. The molecule has 1 rings (SSSR count). The third-order valence-electron chi connectivity index (χ3n) is 3.14. The fourth-order valence-corrected chi connectivity index (χ4v) is 1.66. The van der Waals surface area contributed by atoms with E-state index in [1.807, 2.05) is 33.7 Å². The van der Waals surface area contributed by atoms with Crippen LogP contribution < -0.4 is 5.32 Å². The minimum absolute atomic E-state index is 0.0693. The number of ether oxygens (including phenoxy) is 1. The zero-order valence-corrected chi connectivity index (χ0v) is 12.2. The highest BCUT2D eigenvalue weighted by Crippen LogP contribution is 2.18. The molecule has 0 spiro atoms. The minimum Gasteiger partial charge on any atom is -0.378 e. The fraction of sp³-hybridized carbons (Fsp3) is 0.769. The molecule has 0 atom stereocenters. The topological polar surface area (TPSA) is 42.3 Å². The van der Waals surface area contributed by atoms with Gasteiger partial charge in [0.2, 0.25) is 0 Å². The van der Waals surface area contributed by atoms with Gasteiger partial charge >= 0.3 is 0 Å². The molecule has 0 saturated carbocycles. The molecule has 0 radical (unpaired) electrons. The van der Waals surface area contributed by atoms with E-state index in [-0.39, 0.29) is 5.54 Å². The van der Waals surface area contributed by atoms with Crippen molar-refractivity contribution in [3.63, 3.8) is 0 Å². The molecule has 0 amide bonds. The number of hydrogen-bond acceptors (Lipinski definition) is 4. The molecule has 5 nitrogen and oxygen atoms in total. The second-order valence-corrected chi connectivity index (χ2v) is 5.26. The highest BCUT2D eigenvalue weighted by molar-refractivity contribution is 5.10. The van der Waals surface area contributed by atoms with Crippen molar-refractivity contribution >= 4 is 0 Å². The molecule has 0 aromatic carbocycles. The lowest BCUT2D eigenvalue weighted by Crippen LogP contribution is -2.35. The van der Waals surface area contributed by atoms with Gasteiger partial charge in [-0.25, -0.2) is 4.98 Å². The van der Waals surface area contributed by atoms with Crippen molar-refractivity contribution in [1.29, 1.82) is 0 Å². The summed E-state index contributed by atoms with van der Waals surface area (Å²) in [5, 5.41) is 3.29. The van der Waals surface area contributed by atoms with E-state index in [2.05, 4.69) is 33.6 Å². The number of rotatable bonds is 8. The Balaban J connectivity index is 2.42. The Morgan fingerprint density at radius 3 is 2.72 bits per heavy atom. The van der Waals surface area contributed by atoms with Crippen molar-refractivity contribution in [3.05, 3.63) is 18.2 Å². The van der Waals surface area contributed by atoms with Crippen LogP contribution in [-0.4, -0.2) is 55.4 Å². The molecular formula is C13H26N4O. The summed E-state index contributed by atoms with van der Waals surface area (Å²) in [6, 6.07) is 0. The third-order valence-corrected chi connectivity index (χ3v) is 3.14. The first-order chi connectivity index (χ1) is 8.47. The molecule has 1 N–H and O–H groups in total. The van der Waals surface area contributed by atoms with Gasteiger partial charge in [-0.15, -0.1) is 0 Å². The molecule has 0 aliphatic rings. The van der Waals surface area contributed by atoms with Gasteiger partial charge in [0.05, 0.1) is 30.8 Å². The van der Waals surface area contributed by atoms with E-state index >= 15 is 0 Å². The van der Waals surface area contributed by atoms with Crippen molar-refractivity contribution in [2.75, 3.05) is 40.9 Å². The summed E-state index contributed by atoms with van der Waals surface area (Å²) in [4.78, 5) is 6.34. The van der Waals surface area contributed by atoms with Crippen LogP contribution in [0.15, 0.2) is 12.5 Å². The van der Waals surface area contributed by atoms with E-state index in [9.17, 15) is 0 Å². The molecule has 1 aromatic heterocycles. The second-order valence-electron chi connectivity index (χ2n) is 5.26. The summed E-state index contributed by atoms with van der Waals surface area (Å²) in [6.45, 7) is 7.58. The average Bonchev–Trinajstić information content (AvgIpc) is 2.77. The summed E-state index contributed by atoms with van der Waals surface area (Å²) in [7, 11) is 6.06. The molecule has 0 bridgehead atoms. The van der Waals surface area contributed by atoms with Crippen LogP contribution in [0.1, 0.15) is 19.5 Å². The molecule has 0 aliphatic carbocycles. The molecule has 0 aliphatic heterocycles. The van der Waals surface area contributed by atoms with Crippen LogP contribution in [0.4, 0.5) is 0 Å². The Bertz CT molecular complexity index is 347. The second kappa shape index (κ2) is 6.87. The van der Waals surface area contributed by atoms with Crippen LogP contribution in [-0.2, 0) is 16.8 Å². The van der Waals surface area contributed by atoms with Crippen molar-refractivity contribution in [3.8, 4) is 0 Å². The van der Waals surface area contributed by atoms with E-state index in [1.54, 1.807) is 0 Å². The lowest BCUT2D eigenvalue weighted by Gasteiger charge is -2.25. The zero-order chi connectivity index (χ0) is 13.6. The first-order valence-electron chi connectivity index (χ1n) is 6.39. The van der Waals surface area contributed by atoms with Gasteiger partial charge in [-0.1, -0.05) is 0 Å². The third kappa shape index (κ3) is 4.40. The van der Waals surface area contributed by atoms with Gasteiger partial charge in [0.15, 0.2) is 0 Å². The van der Waals surface area contributed by atoms with Gasteiger partial charge in [0.25, 0.3) is 0 Å². The number of hydrogen-bond donors (Lipinski definition) is 1. The lowest BCUT2D eigenvalue weighted by atomic mass is 10.0. The van der Waals surface area contributed by atoms with Gasteiger partial charge in [-0.05, 0) is 35.0 Å². The molecule has 18 heavy (non-hydrogen) atoms. The van der Waals surface area contributed by atoms with Gasteiger partial charge in [0, 0.05) is 19.3 Å². The van der Waals surface area contributed by atoms with Gasteiger partial charge < -0.3 is 19.5 Å². The number of likely N-dealkylation sites (N-methyl/N-ethyl adjacent to an activating group) is 1. The van der Waals surface area contributed by atoms with E-state index in [1.165, 1.54) is 5.69 Å². The van der Waals surface area contributed by atoms with E-state index in [4.69, 9.17) is 4.74 Å². The number of imidazole rings is 1. The molecule has 0 saturated heterocycles. The predicted octanol–water partition coefficient (Wildman–Crippen LogP) is 0.916. The SMILES string of the molecule is CNC(C)(C)c1cncn1CCOCCN(C)C. The Morgan fingerprint density at radius 2 is 2.11 bits per heavy atom. The smallest absolute Gasteiger partial charge is 0.0949 e. The fourth-order valence-electron chi connectivity index (χ4n) is 1.66. The van der Waals surface area contributed by atoms with Crippen molar-refractivity contribution in [2.45, 2.75) is 25.9 Å². The van der Waals surface area contributed by atoms with Crippen LogP contribution >= 0.6 is 0 Å². The normalized spacial score (nSPS) is 12.3. The summed E-state index contributed by atoms with van der Waals surface area (Å²) >= 11 is 0. The number of aromatic nitrogens is 2. The van der Waals surface area contributed by atoms with E-state index in [0.29, 0.717) is 0 Å². The summed E-state index contributed by atoms with van der Waals surface area (Å²) in [5.74, 6) is 0. The Kier molecular flexibility index (Phi) is 5.78. The average molecular weight is 254 g/mol. The molecular weight excluding hydrogens is 228 g/mol. The van der Waals surface area contributed by atoms with Gasteiger partial charge in [-0.3, -0.25) is 0 Å². The highest BCUT2D eigenvalue weighted by Gasteiger charge is 2.21.